The van der Waals surface area contributed by atoms with Crippen molar-refractivity contribution in [1.29, 1.82) is 0 Å². The first kappa shape index (κ1) is 12.4. The van der Waals surface area contributed by atoms with E-state index in [4.69, 9.17) is 0 Å². The summed E-state index contributed by atoms with van der Waals surface area (Å²) in [5, 5.41) is 1.39. The summed E-state index contributed by atoms with van der Waals surface area (Å²) in [6.45, 7) is 2.09. The molecule has 0 spiro atoms. The highest BCUT2D eigenvalue weighted by molar-refractivity contribution is 7.87. The molecular formula is C9H16O3S. The van der Waals surface area contributed by atoms with Crippen LogP contribution < -0.4 is 0 Å². The Balaban J connectivity index is 3.61. The van der Waals surface area contributed by atoms with Crippen LogP contribution in [0.1, 0.15) is 26.2 Å². The van der Waals surface area contributed by atoms with Crippen LogP contribution in [0.25, 0.3) is 0 Å². The fourth-order valence-corrected chi connectivity index (χ4v) is 1.65. The lowest BCUT2D eigenvalue weighted by atomic mass is 10.3. The van der Waals surface area contributed by atoms with E-state index >= 15 is 0 Å². The van der Waals surface area contributed by atoms with Gasteiger partial charge < -0.3 is 4.74 Å². The Morgan fingerprint density at radius 3 is 2.69 bits per heavy atom. The minimum atomic E-state index is -1.03. The lowest BCUT2D eigenvalue weighted by Crippen LogP contribution is -1.97. The molecule has 3 nitrogen and oxygen atoms in total. The average Bonchev–Trinajstić information content (AvgIpc) is 2.14. The summed E-state index contributed by atoms with van der Waals surface area (Å²) in [7, 11) is 0.273. The second-order valence-electron chi connectivity index (χ2n) is 2.62. The van der Waals surface area contributed by atoms with Gasteiger partial charge >= 0.3 is 5.97 Å². The Hall–Kier alpha value is -0.640. The normalized spacial score (nSPS) is 13.1. The van der Waals surface area contributed by atoms with E-state index in [1.54, 1.807) is 0 Å². The van der Waals surface area contributed by atoms with Gasteiger partial charge in [0.15, 0.2) is 0 Å². The maximum atomic E-state index is 11.2. The molecule has 0 N–H and O–H groups in total. The molecule has 0 aliphatic carbocycles. The van der Waals surface area contributed by atoms with Crippen LogP contribution in [0.5, 0.6) is 0 Å². The van der Waals surface area contributed by atoms with E-state index in [0.29, 0.717) is 5.75 Å². The van der Waals surface area contributed by atoms with Gasteiger partial charge in [-0.1, -0.05) is 19.8 Å². The van der Waals surface area contributed by atoms with Gasteiger partial charge in [-0.15, -0.1) is 0 Å². The highest BCUT2D eigenvalue weighted by Gasteiger charge is 1.96. The highest BCUT2D eigenvalue weighted by atomic mass is 32.2. The van der Waals surface area contributed by atoms with Gasteiger partial charge in [0.1, 0.15) is 0 Å². The molecule has 0 aromatic rings. The zero-order chi connectivity index (χ0) is 10.1. The minimum absolute atomic E-state index is 0.455. The monoisotopic (exact) mass is 204 g/mol. The number of rotatable bonds is 6. The van der Waals surface area contributed by atoms with Crippen LogP contribution >= 0.6 is 0 Å². The van der Waals surface area contributed by atoms with E-state index in [2.05, 4.69) is 11.7 Å². The molecule has 1 atom stereocenters. The molecule has 76 valence electrons. The van der Waals surface area contributed by atoms with E-state index in [0.717, 1.165) is 19.3 Å². The second kappa shape index (κ2) is 7.98. The van der Waals surface area contributed by atoms with Gasteiger partial charge in [0, 0.05) is 28.0 Å². The van der Waals surface area contributed by atoms with E-state index in [-0.39, 0.29) is 0 Å². The number of carbonyl (C=O) groups is 1. The summed E-state index contributed by atoms with van der Waals surface area (Å²) in [4.78, 5) is 10.6. The minimum Gasteiger partial charge on any atom is -0.466 e. The Morgan fingerprint density at radius 2 is 2.15 bits per heavy atom. The fraction of sp³-hybridized carbons (Fsp3) is 0.667. The number of hydrogen-bond acceptors (Lipinski definition) is 3. The molecule has 4 heteroatoms. The Bertz CT molecular complexity index is 199. The van der Waals surface area contributed by atoms with Crippen molar-refractivity contribution in [1.82, 2.24) is 0 Å². The zero-order valence-corrected chi connectivity index (χ0v) is 8.93. The third kappa shape index (κ3) is 7.71. The van der Waals surface area contributed by atoms with Crippen LogP contribution in [0.2, 0.25) is 0 Å². The van der Waals surface area contributed by atoms with E-state index in [1.807, 2.05) is 0 Å². The summed E-state index contributed by atoms with van der Waals surface area (Å²) in [5.41, 5.74) is 0. The number of esters is 1. The molecule has 0 heterocycles. The largest absolute Gasteiger partial charge is 0.466 e. The second-order valence-corrected chi connectivity index (χ2v) is 4.06. The number of ether oxygens (including phenoxy) is 1. The molecule has 0 fully saturated rings. The zero-order valence-electron chi connectivity index (χ0n) is 8.12. The highest BCUT2D eigenvalue weighted by Crippen LogP contribution is 1.97. The molecule has 13 heavy (non-hydrogen) atoms. The van der Waals surface area contributed by atoms with Gasteiger partial charge in [0.05, 0.1) is 7.11 Å². The van der Waals surface area contributed by atoms with Crippen LogP contribution in [0, 0.1) is 0 Å². The van der Waals surface area contributed by atoms with Gasteiger partial charge in [-0.3, -0.25) is 4.21 Å². The van der Waals surface area contributed by atoms with Crippen molar-refractivity contribution < 1.29 is 13.7 Å². The Kier molecular flexibility index (Phi) is 7.59. The first-order valence-electron chi connectivity index (χ1n) is 4.34. The summed E-state index contributed by atoms with van der Waals surface area (Å²) >= 11 is 0. The summed E-state index contributed by atoms with van der Waals surface area (Å²) in [5.74, 6) is 0.172. The maximum absolute atomic E-state index is 11.2. The van der Waals surface area contributed by atoms with Gasteiger partial charge in [0.25, 0.3) is 0 Å². The lowest BCUT2D eigenvalue weighted by molar-refractivity contribution is -0.134. The third-order valence-electron chi connectivity index (χ3n) is 1.51. The Morgan fingerprint density at radius 1 is 1.46 bits per heavy atom. The third-order valence-corrected chi connectivity index (χ3v) is 2.64. The van der Waals surface area contributed by atoms with Crippen molar-refractivity contribution in [3.63, 3.8) is 0 Å². The molecule has 0 saturated heterocycles. The predicted molar refractivity (Wildman–Crippen MR) is 53.7 cm³/mol. The van der Waals surface area contributed by atoms with Crippen LogP contribution in [0.4, 0.5) is 0 Å². The van der Waals surface area contributed by atoms with Crippen molar-refractivity contribution in [2.24, 2.45) is 0 Å². The molecule has 1 unspecified atom stereocenters. The Labute approximate surface area is 81.6 Å². The molecule has 0 aliphatic rings. The number of unbranched alkanes of at least 4 members (excludes halogenated alkanes) is 2. The van der Waals surface area contributed by atoms with Crippen molar-refractivity contribution >= 4 is 16.8 Å². The van der Waals surface area contributed by atoms with Gasteiger partial charge in [-0.05, 0) is 6.42 Å². The quantitative estimate of drug-likeness (QED) is 0.375. The molecular weight excluding hydrogens is 188 g/mol. The first-order chi connectivity index (χ1) is 6.20. The molecule has 0 aromatic heterocycles. The summed E-state index contributed by atoms with van der Waals surface area (Å²) in [6.07, 6.45) is 4.34. The standard InChI is InChI=1S/C9H16O3S/c1-3-4-5-7-13(11)8-6-9(10)12-2/h6,8H,3-5,7H2,1-2H3/b8-6+. The van der Waals surface area contributed by atoms with Gasteiger partial charge in [-0.2, -0.15) is 0 Å². The smallest absolute Gasteiger partial charge is 0.331 e. The van der Waals surface area contributed by atoms with Crippen LogP contribution in [-0.4, -0.2) is 23.0 Å². The first-order valence-corrected chi connectivity index (χ1v) is 5.72. The lowest BCUT2D eigenvalue weighted by Gasteiger charge is -1.94. The molecule has 0 rings (SSSR count). The van der Waals surface area contributed by atoms with E-state index < -0.39 is 16.8 Å². The molecule has 0 bridgehead atoms. The van der Waals surface area contributed by atoms with Crippen molar-refractivity contribution in [2.45, 2.75) is 26.2 Å². The van der Waals surface area contributed by atoms with Crippen molar-refractivity contribution in [3.05, 3.63) is 11.5 Å². The summed E-state index contributed by atoms with van der Waals surface area (Å²) in [6, 6.07) is 0. The van der Waals surface area contributed by atoms with Crippen LogP contribution in [0.15, 0.2) is 11.5 Å². The molecule has 0 aromatic carbocycles. The SMILES string of the molecule is CCCCCS(=O)/C=C/C(=O)OC. The maximum Gasteiger partial charge on any atom is 0.331 e. The fourth-order valence-electron chi connectivity index (χ4n) is 0.762. The van der Waals surface area contributed by atoms with E-state index in [1.165, 1.54) is 18.6 Å². The number of hydrogen-bond donors (Lipinski definition) is 0. The summed E-state index contributed by atoms with van der Waals surface area (Å²) < 4.78 is 15.5. The van der Waals surface area contributed by atoms with Crippen LogP contribution in [-0.2, 0) is 20.3 Å². The number of carbonyl (C=O) groups excluding carboxylic acids is 1. The molecule has 0 aliphatic heterocycles. The number of methoxy groups -OCH3 is 1. The van der Waals surface area contributed by atoms with Gasteiger partial charge in [-0.25, -0.2) is 4.79 Å². The van der Waals surface area contributed by atoms with E-state index in [9.17, 15) is 9.00 Å². The van der Waals surface area contributed by atoms with Crippen molar-refractivity contribution in [3.8, 4) is 0 Å². The predicted octanol–water partition coefficient (Wildman–Crippen LogP) is 1.61. The average molecular weight is 204 g/mol. The van der Waals surface area contributed by atoms with Crippen molar-refractivity contribution in [2.75, 3.05) is 12.9 Å². The van der Waals surface area contributed by atoms with Gasteiger partial charge in [0.2, 0.25) is 0 Å². The topological polar surface area (TPSA) is 43.4 Å². The molecule has 0 radical (unpaired) electrons. The van der Waals surface area contributed by atoms with Crippen LogP contribution in [0.3, 0.4) is 0 Å². The molecule has 0 saturated carbocycles. The molecule has 0 amide bonds.